The zero-order valence-corrected chi connectivity index (χ0v) is 9.37. The van der Waals surface area contributed by atoms with Crippen LogP contribution in [-0.4, -0.2) is 28.4 Å². The summed E-state index contributed by atoms with van der Waals surface area (Å²) in [6.45, 7) is 3.35. The van der Waals surface area contributed by atoms with E-state index in [0.717, 1.165) is 0 Å². The first-order valence-electron chi connectivity index (χ1n) is 4.52. The fraction of sp³-hybridized carbons (Fsp3) is 0.556. The minimum absolute atomic E-state index is 0.264. The first-order chi connectivity index (χ1) is 6.88. The van der Waals surface area contributed by atoms with Gasteiger partial charge in [0.15, 0.2) is 5.82 Å². The highest BCUT2D eigenvalue weighted by molar-refractivity contribution is 5.98. The Labute approximate surface area is 88.4 Å². The van der Waals surface area contributed by atoms with E-state index in [1.54, 1.807) is 20.9 Å². The number of nitrogens with zero attached hydrogens (tertiary/aromatic N) is 2. The summed E-state index contributed by atoms with van der Waals surface area (Å²) >= 11 is 0. The van der Waals surface area contributed by atoms with Gasteiger partial charge in [-0.05, 0) is 13.8 Å². The van der Waals surface area contributed by atoms with E-state index in [1.165, 1.54) is 18.0 Å². The summed E-state index contributed by atoms with van der Waals surface area (Å²) in [6.07, 6.45) is 1.48. The number of rotatable bonds is 3. The average molecular weight is 212 g/mol. The number of nitrogen functional groups attached to an aromatic ring is 1. The van der Waals surface area contributed by atoms with Crippen LogP contribution in [0.5, 0.6) is 0 Å². The molecule has 1 aromatic rings. The molecule has 0 saturated carbocycles. The van der Waals surface area contributed by atoms with Gasteiger partial charge in [0, 0.05) is 14.2 Å². The van der Waals surface area contributed by atoms with Crippen LogP contribution < -0.4 is 11.1 Å². The highest BCUT2D eigenvalue weighted by atomic mass is 16.5. The van der Waals surface area contributed by atoms with Crippen molar-refractivity contribution in [1.29, 1.82) is 0 Å². The van der Waals surface area contributed by atoms with Crippen LogP contribution in [0.15, 0.2) is 6.20 Å². The van der Waals surface area contributed by atoms with E-state index in [2.05, 4.69) is 10.4 Å². The molecule has 3 N–H and O–H groups in total. The molecular formula is C9H16N4O2. The van der Waals surface area contributed by atoms with E-state index in [-0.39, 0.29) is 5.91 Å². The van der Waals surface area contributed by atoms with Gasteiger partial charge in [-0.2, -0.15) is 5.10 Å². The van der Waals surface area contributed by atoms with Crippen LogP contribution in [0, 0.1) is 0 Å². The highest BCUT2D eigenvalue weighted by Gasteiger charge is 2.28. The maximum absolute atomic E-state index is 11.7. The molecule has 0 bridgehead atoms. The maximum Gasteiger partial charge on any atom is 0.257 e. The molecule has 0 fully saturated rings. The summed E-state index contributed by atoms with van der Waals surface area (Å²) in [4.78, 5) is 11.7. The summed E-state index contributed by atoms with van der Waals surface area (Å²) in [6, 6.07) is 0. The van der Waals surface area contributed by atoms with Crippen LogP contribution in [0.4, 0.5) is 11.5 Å². The molecular weight excluding hydrogens is 196 g/mol. The Morgan fingerprint density at radius 1 is 1.67 bits per heavy atom. The number of hydrogen-bond donors (Lipinski definition) is 2. The van der Waals surface area contributed by atoms with Gasteiger partial charge in [-0.25, -0.2) is 0 Å². The normalized spacial score (nSPS) is 11.5. The second-order valence-electron chi connectivity index (χ2n) is 3.74. The standard InChI is InChI=1S/C9H16N4O2/c1-9(2,15-4)8(14)12-7-6(10)5-11-13(7)3/h5H,10H2,1-4H3,(H,12,14). The molecule has 0 aliphatic carbocycles. The van der Waals surface area contributed by atoms with Gasteiger partial charge in [0.1, 0.15) is 5.60 Å². The third-order valence-electron chi connectivity index (χ3n) is 2.26. The van der Waals surface area contributed by atoms with Crippen LogP contribution >= 0.6 is 0 Å². The lowest BCUT2D eigenvalue weighted by molar-refractivity contribution is -0.133. The Kier molecular flexibility index (Phi) is 2.99. The number of aryl methyl sites for hydroxylation is 1. The molecule has 0 aliphatic rings. The highest BCUT2D eigenvalue weighted by Crippen LogP contribution is 2.18. The first-order valence-corrected chi connectivity index (χ1v) is 4.52. The fourth-order valence-electron chi connectivity index (χ4n) is 0.958. The summed E-state index contributed by atoms with van der Waals surface area (Å²) in [7, 11) is 3.18. The quantitative estimate of drug-likeness (QED) is 0.758. The second kappa shape index (κ2) is 3.90. The monoisotopic (exact) mass is 212 g/mol. The molecule has 84 valence electrons. The van der Waals surface area contributed by atoms with Crippen LogP contribution in [0.25, 0.3) is 0 Å². The molecule has 0 aromatic carbocycles. The lowest BCUT2D eigenvalue weighted by Crippen LogP contribution is -2.39. The van der Waals surface area contributed by atoms with Crippen LogP contribution in [0.2, 0.25) is 0 Å². The predicted molar refractivity (Wildman–Crippen MR) is 57.3 cm³/mol. The Morgan fingerprint density at radius 3 is 2.67 bits per heavy atom. The van der Waals surface area contributed by atoms with Crippen molar-refractivity contribution in [2.45, 2.75) is 19.4 Å². The zero-order valence-electron chi connectivity index (χ0n) is 9.37. The summed E-state index contributed by atoms with van der Waals surface area (Å²) in [5.41, 5.74) is 5.17. The topological polar surface area (TPSA) is 82.2 Å². The fourth-order valence-corrected chi connectivity index (χ4v) is 0.958. The largest absolute Gasteiger partial charge is 0.394 e. The van der Waals surface area contributed by atoms with E-state index in [1.807, 2.05) is 0 Å². The van der Waals surface area contributed by atoms with E-state index < -0.39 is 5.60 Å². The lowest BCUT2D eigenvalue weighted by atomic mass is 10.1. The van der Waals surface area contributed by atoms with Crippen molar-refractivity contribution in [3.05, 3.63) is 6.20 Å². The summed E-state index contributed by atoms with van der Waals surface area (Å²) in [5.74, 6) is 0.213. The molecule has 0 radical (unpaired) electrons. The Balaban J connectivity index is 2.84. The number of carbonyl (C=O) groups excluding carboxylic acids is 1. The smallest absolute Gasteiger partial charge is 0.257 e. The number of hydrogen-bond acceptors (Lipinski definition) is 4. The van der Waals surface area contributed by atoms with Gasteiger partial charge in [-0.15, -0.1) is 0 Å². The predicted octanol–water partition coefficient (Wildman–Crippen LogP) is 0.366. The molecule has 1 heterocycles. The van der Waals surface area contributed by atoms with Gasteiger partial charge >= 0.3 is 0 Å². The Bertz CT molecular complexity index is 351. The molecule has 0 unspecified atom stereocenters. The molecule has 0 atom stereocenters. The van der Waals surface area contributed by atoms with E-state index in [0.29, 0.717) is 11.5 Å². The molecule has 1 aromatic heterocycles. The van der Waals surface area contributed by atoms with Gasteiger partial charge < -0.3 is 15.8 Å². The number of amides is 1. The molecule has 0 spiro atoms. The number of ether oxygens (including phenoxy) is 1. The van der Waals surface area contributed by atoms with Gasteiger partial charge in [0.2, 0.25) is 0 Å². The van der Waals surface area contributed by atoms with E-state index >= 15 is 0 Å². The summed E-state index contributed by atoms with van der Waals surface area (Å²) in [5, 5.41) is 6.57. The van der Waals surface area contributed by atoms with Crippen molar-refractivity contribution in [1.82, 2.24) is 9.78 Å². The lowest BCUT2D eigenvalue weighted by Gasteiger charge is -2.21. The molecule has 0 aliphatic heterocycles. The van der Waals surface area contributed by atoms with Crippen molar-refractivity contribution < 1.29 is 9.53 Å². The van der Waals surface area contributed by atoms with Crippen molar-refractivity contribution in [2.24, 2.45) is 7.05 Å². The van der Waals surface area contributed by atoms with Crippen molar-refractivity contribution >= 4 is 17.4 Å². The molecule has 15 heavy (non-hydrogen) atoms. The van der Waals surface area contributed by atoms with Gasteiger partial charge in [-0.1, -0.05) is 0 Å². The number of aromatic nitrogens is 2. The summed E-state index contributed by atoms with van der Waals surface area (Å²) < 4.78 is 6.54. The second-order valence-corrected chi connectivity index (χ2v) is 3.74. The third-order valence-corrected chi connectivity index (χ3v) is 2.26. The van der Waals surface area contributed by atoms with Crippen molar-refractivity contribution in [2.75, 3.05) is 18.2 Å². The van der Waals surface area contributed by atoms with Crippen LogP contribution in [0.3, 0.4) is 0 Å². The Hall–Kier alpha value is -1.56. The van der Waals surface area contributed by atoms with Crippen LogP contribution in [-0.2, 0) is 16.6 Å². The SMILES string of the molecule is COC(C)(C)C(=O)Nc1c(N)cnn1C. The molecule has 1 rings (SSSR count). The molecule has 6 nitrogen and oxygen atoms in total. The number of methoxy groups -OCH3 is 1. The van der Waals surface area contributed by atoms with Gasteiger partial charge in [0.05, 0.1) is 11.9 Å². The number of nitrogens with two attached hydrogens (primary N) is 1. The first kappa shape index (κ1) is 11.5. The average Bonchev–Trinajstić information content (AvgIpc) is 2.49. The van der Waals surface area contributed by atoms with Gasteiger partial charge in [0.25, 0.3) is 5.91 Å². The zero-order chi connectivity index (χ0) is 11.6. The molecule has 1 amide bonds. The molecule has 6 heteroatoms. The van der Waals surface area contributed by atoms with E-state index in [9.17, 15) is 4.79 Å². The Morgan fingerprint density at radius 2 is 2.27 bits per heavy atom. The minimum Gasteiger partial charge on any atom is -0.394 e. The van der Waals surface area contributed by atoms with E-state index in [4.69, 9.17) is 10.5 Å². The van der Waals surface area contributed by atoms with Crippen molar-refractivity contribution in [3.63, 3.8) is 0 Å². The number of anilines is 2. The van der Waals surface area contributed by atoms with Crippen LogP contribution in [0.1, 0.15) is 13.8 Å². The van der Waals surface area contributed by atoms with Gasteiger partial charge in [-0.3, -0.25) is 9.48 Å². The minimum atomic E-state index is -0.892. The molecule has 0 saturated heterocycles. The third kappa shape index (κ3) is 2.27. The number of nitrogens with one attached hydrogen (secondary N) is 1. The number of carbonyl (C=O) groups is 1. The van der Waals surface area contributed by atoms with Crippen molar-refractivity contribution in [3.8, 4) is 0 Å². The maximum atomic E-state index is 11.7.